The molecule has 6 nitrogen and oxygen atoms in total. The number of nitrogens with zero attached hydrogens (tertiary/aromatic N) is 2. The SMILES string of the molecule is CCc1c(C(=O)N=S(C)(=O)C2CCN(C(=O)[C@H]3CC3(C)C)CC2)oc2ccccc12. The van der Waals surface area contributed by atoms with Crippen molar-refractivity contribution >= 4 is 32.5 Å². The number of hydrogen-bond donors (Lipinski definition) is 0. The first-order valence-electron chi connectivity index (χ1n) is 10.7. The van der Waals surface area contributed by atoms with Crippen LogP contribution in [0.25, 0.3) is 11.0 Å². The summed E-state index contributed by atoms with van der Waals surface area (Å²) in [6.45, 7) is 7.36. The number of hydrogen-bond acceptors (Lipinski definition) is 4. The molecular formula is C23H30N2O4S. The molecule has 7 heteroatoms. The van der Waals surface area contributed by atoms with E-state index in [0.29, 0.717) is 37.9 Å². The fourth-order valence-electron chi connectivity index (χ4n) is 4.53. The molecule has 1 aliphatic carbocycles. The first-order valence-corrected chi connectivity index (χ1v) is 12.7. The molecule has 1 saturated heterocycles. The van der Waals surface area contributed by atoms with E-state index in [9.17, 15) is 13.8 Å². The van der Waals surface area contributed by atoms with Gasteiger partial charge in [-0.15, -0.1) is 0 Å². The van der Waals surface area contributed by atoms with E-state index >= 15 is 0 Å². The predicted molar refractivity (Wildman–Crippen MR) is 118 cm³/mol. The molecule has 2 aromatic rings. The molecule has 30 heavy (non-hydrogen) atoms. The maximum atomic E-state index is 13.3. The van der Waals surface area contributed by atoms with Gasteiger partial charge in [0, 0.05) is 41.5 Å². The Kier molecular flexibility index (Phi) is 5.29. The molecule has 2 fully saturated rings. The minimum atomic E-state index is -2.74. The number of likely N-dealkylation sites (tertiary alicyclic amines) is 1. The van der Waals surface area contributed by atoms with Crippen LogP contribution in [0.3, 0.4) is 0 Å². The number of amides is 2. The third-order valence-corrected chi connectivity index (χ3v) is 8.93. The number of piperidine rings is 1. The summed E-state index contributed by atoms with van der Waals surface area (Å²) in [7, 11) is -2.74. The Balaban J connectivity index is 1.49. The van der Waals surface area contributed by atoms with E-state index in [-0.39, 0.29) is 28.3 Å². The lowest BCUT2D eigenvalue weighted by molar-refractivity contribution is -0.134. The van der Waals surface area contributed by atoms with Crippen molar-refractivity contribution in [2.24, 2.45) is 15.7 Å². The summed E-state index contributed by atoms with van der Waals surface area (Å²) in [5.74, 6) is -0.0265. The van der Waals surface area contributed by atoms with Crippen LogP contribution < -0.4 is 0 Å². The summed E-state index contributed by atoms with van der Waals surface area (Å²) < 4.78 is 23.2. The second-order valence-corrected chi connectivity index (χ2v) is 11.9. The molecule has 4 rings (SSSR count). The van der Waals surface area contributed by atoms with E-state index in [4.69, 9.17) is 4.42 Å². The number of carbonyl (C=O) groups is 2. The molecule has 1 aromatic carbocycles. The minimum absolute atomic E-state index is 0.109. The Bertz CT molecular complexity index is 1120. The lowest BCUT2D eigenvalue weighted by atomic mass is 10.1. The van der Waals surface area contributed by atoms with Crippen LogP contribution in [0.2, 0.25) is 0 Å². The van der Waals surface area contributed by atoms with Gasteiger partial charge in [0.15, 0.2) is 5.76 Å². The Hall–Kier alpha value is -2.15. The number of rotatable bonds is 4. The van der Waals surface area contributed by atoms with Gasteiger partial charge in [0.25, 0.3) is 0 Å². The van der Waals surface area contributed by atoms with Gasteiger partial charge in [0.1, 0.15) is 5.58 Å². The van der Waals surface area contributed by atoms with Crippen molar-refractivity contribution in [3.05, 3.63) is 35.6 Å². The Labute approximate surface area is 178 Å². The van der Waals surface area contributed by atoms with E-state index in [2.05, 4.69) is 18.2 Å². The quantitative estimate of drug-likeness (QED) is 0.725. The van der Waals surface area contributed by atoms with Crippen molar-refractivity contribution in [3.63, 3.8) is 0 Å². The van der Waals surface area contributed by atoms with Gasteiger partial charge in [-0.1, -0.05) is 39.0 Å². The lowest BCUT2D eigenvalue weighted by Crippen LogP contribution is -2.43. The van der Waals surface area contributed by atoms with Gasteiger partial charge in [-0.25, -0.2) is 4.21 Å². The molecule has 2 amide bonds. The highest BCUT2D eigenvalue weighted by Gasteiger charge is 2.52. The number of benzene rings is 1. The molecule has 1 saturated carbocycles. The molecule has 0 spiro atoms. The first kappa shape index (κ1) is 21.1. The molecule has 1 aliphatic heterocycles. The van der Waals surface area contributed by atoms with Crippen molar-refractivity contribution in [3.8, 4) is 0 Å². The monoisotopic (exact) mass is 430 g/mol. The number of carbonyl (C=O) groups excluding carboxylic acids is 2. The van der Waals surface area contributed by atoms with Crippen molar-refractivity contribution in [1.29, 1.82) is 0 Å². The smallest absolute Gasteiger partial charge is 0.321 e. The van der Waals surface area contributed by atoms with Crippen LogP contribution in [-0.2, 0) is 20.9 Å². The molecule has 2 atom stereocenters. The van der Waals surface area contributed by atoms with Gasteiger partial charge in [-0.2, -0.15) is 4.36 Å². The molecule has 0 radical (unpaired) electrons. The average molecular weight is 431 g/mol. The molecule has 0 bridgehead atoms. The number of fused-ring (bicyclic) bond motifs is 1. The van der Waals surface area contributed by atoms with Crippen LogP contribution in [0.4, 0.5) is 0 Å². The van der Waals surface area contributed by atoms with Gasteiger partial charge < -0.3 is 9.32 Å². The van der Waals surface area contributed by atoms with Crippen molar-refractivity contribution in [2.75, 3.05) is 19.3 Å². The maximum absolute atomic E-state index is 13.3. The van der Waals surface area contributed by atoms with E-state index in [1.807, 2.05) is 36.1 Å². The molecular weight excluding hydrogens is 400 g/mol. The molecule has 162 valence electrons. The third kappa shape index (κ3) is 3.80. The zero-order chi connectivity index (χ0) is 21.7. The largest absolute Gasteiger partial charge is 0.450 e. The number of aryl methyl sites for hydroxylation is 1. The predicted octanol–water partition coefficient (Wildman–Crippen LogP) is 4.27. The van der Waals surface area contributed by atoms with E-state index in [1.54, 1.807) is 6.26 Å². The molecule has 1 unspecified atom stereocenters. The minimum Gasteiger partial charge on any atom is -0.450 e. The van der Waals surface area contributed by atoms with Crippen molar-refractivity contribution in [2.45, 2.75) is 51.7 Å². The molecule has 2 aliphatic rings. The summed E-state index contributed by atoms with van der Waals surface area (Å²) in [5.41, 5.74) is 1.56. The third-order valence-electron chi connectivity index (χ3n) is 6.69. The lowest BCUT2D eigenvalue weighted by Gasteiger charge is -2.32. The Morgan fingerprint density at radius 2 is 1.87 bits per heavy atom. The van der Waals surface area contributed by atoms with Gasteiger partial charge in [-0.3, -0.25) is 9.59 Å². The normalized spacial score (nSPS) is 23.2. The standard InChI is InChI=1S/C23H30N2O4S/c1-5-16-17-8-6-7-9-19(17)29-20(16)21(26)24-30(4,28)15-10-12-25(13-11-15)22(27)18-14-23(18,2)3/h6-9,15,18H,5,10-14H2,1-4H3/t18-,30?/m1/s1. The number of furan rings is 1. The van der Waals surface area contributed by atoms with Crippen molar-refractivity contribution < 1.29 is 18.2 Å². The summed E-state index contributed by atoms with van der Waals surface area (Å²) in [6.07, 6.45) is 4.34. The average Bonchev–Trinajstić information content (AvgIpc) is 3.19. The van der Waals surface area contributed by atoms with Crippen LogP contribution >= 0.6 is 0 Å². The van der Waals surface area contributed by atoms with Crippen LogP contribution in [0.1, 0.15) is 56.2 Å². The maximum Gasteiger partial charge on any atom is 0.321 e. The van der Waals surface area contributed by atoms with Gasteiger partial charge in [0.2, 0.25) is 5.91 Å². The topological polar surface area (TPSA) is 80.0 Å². The zero-order valence-electron chi connectivity index (χ0n) is 18.1. The van der Waals surface area contributed by atoms with Crippen LogP contribution in [0.5, 0.6) is 0 Å². The van der Waals surface area contributed by atoms with Crippen LogP contribution in [-0.4, -0.2) is 45.5 Å². The summed E-state index contributed by atoms with van der Waals surface area (Å²) in [6, 6.07) is 7.51. The summed E-state index contributed by atoms with van der Waals surface area (Å²) in [5, 5.41) is 0.697. The Morgan fingerprint density at radius 3 is 2.47 bits per heavy atom. The van der Waals surface area contributed by atoms with Gasteiger partial charge >= 0.3 is 5.91 Å². The highest BCUT2D eigenvalue weighted by molar-refractivity contribution is 7.93. The van der Waals surface area contributed by atoms with Crippen LogP contribution in [0.15, 0.2) is 33.0 Å². The highest BCUT2D eigenvalue weighted by atomic mass is 32.2. The second-order valence-electron chi connectivity index (χ2n) is 9.29. The zero-order valence-corrected chi connectivity index (χ0v) is 19.0. The molecule has 1 aromatic heterocycles. The summed E-state index contributed by atoms with van der Waals surface area (Å²) in [4.78, 5) is 27.4. The Morgan fingerprint density at radius 1 is 1.23 bits per heavy atom. The highest BCUT2D eigenvalue weighted by Crippen LogP contribution is 2.52. The fourth-order valence-corrected chi connectivity index (χ4v) is 6.17. The van der Waals surface area contributed by atoms with Gasteiger partial charge in [0.05, 0.1) is 9.73 Å². The van der Waals surface area contributed by atoms with E-state index < -0.39 is 15.6 Å². The molecule has 2 heterocycles. The fraction of sp³-hybridized carbons (Fsp3) is 0.565. The van der Waals surface area contributed by atoms with Gasteiger partial charge in [-0.05, 0) is 37.2 Å². The second kappa shape index (κ2) is 7.52. The van der Waals surface area contributed by atoms with Crippen molar-refractivity contribution in [1.82, 2.24) is 4.90 Å². The van der Waals surface area contributed by atoms with Crippen LogP contribution in [0, 0.1) is 11.3 Å². The van der Waals surface area contributed by atoms with E-state index in [0.717, 1.165) is 17.4 Å². The number of para-hydroxylation sites is 1. The first-order chi connectivity index (χ1) is 14.1. The summed E-state index contributed by atoms with van der Waals surface area (Å²) >= 11 is 0. The molecule has 0 N–H and O–H groups in total. The van der Waals surface area contributed by atoms with E-state index in [1.165, 1.54) is 0 Å².